The van der Waals surface area contributed by atoms with Crippen LogP contribution in [0.25, 0.3) is 0 Å². The summed E-state index contributed by atoms with van der Waals surface area (Å²) >= 11 is 3.49. The SMILES string of the molecule is CN=C(NCCCSc1nccs1)N(C)Cc1ccc2c(c1)OCCO2.I. The quantitative estimate of drug-likeness (QED) is 0.198. The highest BCUT2D eigenvalue weighted by Crippen LogP contribution is 2.31. The van der Waals surface area contributed by atoms with Gasteiger partial charge in [0.2, 0.25) is 0 Å². The molecule has 0 saturated heterocycles. The van der Waals surface area contributed by atoms with Gasteiger partial charge in [-0.2, -0.15) is 0 Å². The third-order valence-corrected chi connectivity index (χ3v) is 5.89. The summed E-state index contributed by atoms with van der Waals surface area (Å²) in [6.45, 7) is 2.86. The molecule has 2 aromatic rings. The molecule has 3 rings (SSSR count). The van der Waals surface area contributed by atoms with Crippen LogP contribution in [0.15, 0.2) is 39.1 Å². The monoisotopic (exact) mass is 520 g/mol. The van der Waals surface area contributed by atoms with Gasteiger partial charge < -0.3 is 19.7 Å². The molecule has 148 valence electrons. The van der Waals surface area contributed by atoms with Crippen LogP contribution in [-0.2, 0) is 6.54 Å². The highest BCUT2D eigenvalue weighted by molar-refractivity contribution is 14.0. The molecule has 1 N–H and O–H groups in total. The molecule has 0 saturated carbocycles. The minimum absolute atomic E-state index is 0. The maximum atomic E-state index is 5.66. The number of guanidine groups is 1. The number of rotatable bonds is 7. The van der Waals surface area contributed by atoms with Crippen molar-refractivity contribution in [3.8, 4) is 11.5 Å². The number of benzene rings is 1. The lowest BCUT2D eigenvalue weighted by Gasteiger charge is -2.23. The van der Waals surface area contributed by atoms with Crippen molar-refractivity contribution in [3.05, 3.63) is 35.3 Å². The largest absolute Gasteiger partial charge is 0.486 e. The van der Waals surface area contributed by atoms with Gasteiger partial charge >= 0.3 is 0 Å². The number of thiazole rings is 1. The van der Waals surface area contributed by atoms with Gasteiger partial charge in [0, 0.05) is 44.5 Å². The Bertz CT molecular complexity index is 728. The van der Waals surface area contributed by atoms with E-state index in [0.717, 1.165) is 47.1 Å². The molecule has 0 aliphatic carbocycles. The summed E-state index contributed by atoms with van der Waals surface area (Å²) in [5.41, 5.74) is 1.17. The first kappa shape index (κ1) is 22.1. The first-order valence-corrected chi connectivity index (χ1v) is 10.5. The Labute approximate surface area is 185 Å². The number of hydrogen-bond acceptors (Lipinski definition) is 6. The van der Waals surface area contributed by atoms with Gasteiger partial charge in [-0.1, -0.05) is 17.8 Å². The topological polar surface area (TPSA) is 59.0 Å². The summed E-state index contributed by atoms with van der Waals surface area (Å²) in [5.74, 6) is 3.58. The van der Waals surface area contributed by atoms with Crippen LogP contribution >= 0.6 is 47.1 Å². The molecule has 1 aromatic carbocycles. The molecule has 0 fully saturated rings. The van der Waals surface area contributed by atoms with Crippen molar-refractivity contribution in [2.75, 3.05) is 39.6 Å². The number of halogens is 1. The maximum Gasteiger partial charge on any atom is 0.193 e. The first-order chi connectivity index (χ1) is 12.8. The number of fused-ring (bicyclic) bond motifs is 1. The molecule has 0 bridgehead atoms. The summed E-state index contributed by atoms with van der Waals surface area (Å²) in [4.78, 5) is 10.8. The van der Waals surface area contributed by atoms with Crippen molar-refractivity contribution in [2.24, 2.45) is 4.99 Å². The van der Waals surface area contributed by atoms with Crippen molar-refractivity contribution in [2.45, 2.75) is 17.3 Å². The van der Waals surface area contributed by atoms with E-state index in [4.69, 9.17) is 9.47 Å². The summed E-state index contributed by atoms with van der Waals surface area (Å²) in [7, 11) is 3.85. The van der Waals surface area contributed by atoms with Gasteiger partial charge in [0.25, 0.3) is 0 Å². The minimum Gasteiger partial charge on any atom is -0.486 e. The van der Waals surface area contributed by atoms with Crippen LogP contribution in [0.2, 0.25) is 0 Å². The number of aliphatic imine (C=N–C) groups is 1. The van der Waals surface area contributed by atoms with Gasteiger partial charge in [-0.05, 0) is 24.1 Å². The van der Waals surface area contributed by atoms with Crippen LogP contribution < -0.4 is 14.8 Å². The molecule has 0 amide bonds. The molecular formula is C18H25IN4O2S2. The van der Waals surface area contributed by atoms with Crippen molar-refractivity contribution < 1.29 is 9.47 Å². The Morgan fingerprint density at radius 1 is 1.33 bits per heavy atom. The van der Waals surface area contributed by atoms with Crippen LogP contribution in [-0.4, -0.2) is 55.5 Å². The average molecular weight is 520 g/mol. The molecule has 27 heavy (non-hydrogen) atoms. The van der Waals surface area contributed by atoms with E-state index in [1.54, 1.807) is 23.1 Å². The smallest absolute Gasteiger partial charge is 0.193 e. The van der Waals surface area contributed by atoms with Crippen LogP contribution in [0, 0.1) is 0 Å². The van der Waals surface area contributed by atoms with Crippen molar-refractivity contribution in [1.29, 1.82) is 0 Å². The van der Waals surface area contributed by atoms with Gasteiger partial charge in [-0.25, -0.2) is 4.98 Å². The Morgan fingerprint density at radius 2 is 2.15 bits per heavy atom. The Balaban J connectivity index is 0.00000261. The van der Waals surface area contributed by atoms with Gasteiger partial charge in [-0.15, -0.1) is 35.3 Å². The van der Waals surface area contributed by atoms with Crippen LogP contribution in [0.4, 0.5) is 0 Å². The third kappa shape index (κ3) is 6.72. The number of ether oxygens (including phenoxy) is 2. The molecular weight excluding hydrogens is 495 g/mol. The van der Waals surface area contributed by atoms with E-state index in [1.165, 1.54) is 5.56 Å². The lowest BCUT2D eigenvalue weighted by atomic mass is 10.2. The van der Waals surface area contributed by atoms with Crippen LogP contribution in [0.1, 0.15) is 12.0 Å². The second kappa shape index (κ2) is 11.6. The molecule has 1 aromatic heterocycles. The molecule has 0 spiro atoms. The number of nitrogens with one attached hydrogen (secondary N) is 1. The fraction of sp³-hybridized carbons (Fsp3) is 0.444. The first-order valence-electron chi connectivity index (χ1n) is 8.59. The van der Waals surface area contributed by atoms with Crippen molar-refractivity contribution >= 4 is 53.0 Å². The minimum atomic E-state index is 0. The summed E-state index contributed by atoms with van der Waals surface area (Å²) in [6, 6.07) is 6.09. The standard InChI is InChI=1S/C18H24N4O2S2.HI/c1-19-17(20-6-3-10-25-18-21-7-11-26-18)22(2)13-14-4-5-15-16(12-14)24-9-8-23-15;/h4-5,7,11-12H,3,6,8-10,13H2,1-2H3,(H,19,20);1H. The molecule has 0 atom stereocenters. The summed E-state index contributed by atoms with van der Waals surface area (Å²) in [5, 5.41) is 5.43. The Hall–Kier alpha value is -1.20. The molecule has 9 heteroatoms. The van der Waals surface area contributed by atoms with E-state index in [0.29, 0.717) is 13.2 Å². The van der Waals surface area contributed by atoms with E-state index < -0.39 is 0 Å². The van der Waals surface area contributed by atoms with E-state index in [9.17, 15) is 0 Å². The van der Waals surface area contributed by atoms with E-state index in [-0.39, 0.29) is 24.0 Å². The number of hydrogen-bond donors (Lipinski definition) is 1. The van der Waals surface area contributed by atoms with E-state index in [2.05, 4.69) is 26.3 Å². The second-order valence-corrected chi connectivity index (χ2v) is 8.04. The normalized spacial score (nSPS) is 13.0. The lowest BCUT2D eigenvalue weighted by molar-refractivity contribution is 0.171. The number of nitrogens with zero attached hydrogens (tertiary/aromatic N) is 3. The highest BCUT2D eigenvalue weighted by atomic mass is 127. The summed E-state index contributed by atoms with van der Waals surface area (Å²) < 4.78 is 12.4. The van der Waals surface area contributed by atoms with Gasteiger partial charge in [0.1, 0.15) is 17.6 Å². The zero-order valence-corrected chi connectivity index (χ0v) is 19.5. The van der Waals surface area contributed by atoms with Crippen molar-refractivity contribution in [1.82, 2.24) is 15.2 Å². The second-order valence-electron chi connectivity index (χ2n) is 5.81. The number of aromatic nitrogens is 1. The highest BCUT2D eigenvalue weighted by Gasteiger charge is 2.13. The fourth-order valence-corrected chi connectivity index (χ4v) is 4.28. The van der Waals surface area contributed by atoms with Crippen molar-refractivity contribution in [3.63, 3.8) is 0 Å². The van der Waals surface area contributed by atoms with Gasteiger partial charge in [-0.3, -0.25) is 4.99 Å². The van der Waals surface area contributed by atoms with Crippen LogP contribution in [0.3, 0.4) is 0 Å². The zero-order chi connectivity index (χ0) is 18.2. The van der Waals surface area contributed by atoms with Gasteiger partial charge in [0.15, 0.2) is 17.5 Å². The molecule has 2 heterocycles. The predicted octanol–water partition coefficient (Wildman–Crippen LogP) is 3.72. The number of thioether (sulfide) groups is 1. The van der Waals surface area contributed by atoms with E-state index in [1.807, 2.05) is 37.8 Å². The third-order valence-electron chi connectivity index (χ3n) is 3.84. The lowest BCUT2D eigenvalue weighted by Crippen LogP contribution is -2.39. The molecule has 0 unspecified atom stereocenters. The molecule has 1 aliphatic heterocycles. The molecule has 0 radical (unpaired) electrons. The van der Waals surface area contributed by atoms with Crippen LogP contribution in [0.5, 0.6) is 11.5 Å². The Morgan fingerprint density at radius 3 is 2.89 bits per heavy atom. The fourth-order valence-electron chi connectivity index (χ4n) is 2.63. The summed E-state index contributed by atoms with van der Waals surface area (Å²) in [6.07, 6.45) is 2.90. The maximum absolute atomic E-state index is 5.66. The average Bonchev–Trinajstić information content (AvgIpc) is 3.18. The van der Waals surface area contributed by atoms with Gasteiger partial charge in [0.05, 0.1) is 0 Å². The predicted molar refractivity (Wildman–Crippen MR) is 123 cm³/mol. The zero-order valence-electron chi connectivity index (χ0n) is 15.5. The molecule has 1 aliphatic rings. The Kier molecular flexibility index (Phi) is 9.49. The molecule has 6 nitrogen and oxygen atoms in total. The van der Waals surface area contributed by atoms with E-state index >= 15 is 0 Å².